The van der Waals surface area contributed by atoms with E-state index in [-0.39, 0.29) is 22.6 Å². The molecular weight excluding hydrogens is 455 g/mol. The number of hydrazone groups is 1. The lowest BCUT2D eigenvalue weighted by atomic mass is 10.1. The normalized spacial score (nSPS) is 11.3. The summed E-state index contributed by atoms with van der Waals surface area (Å²) in [4.78, 5) is 35.0. The molecule has 0 aliphatic rings. The van der Waals surface area contributed by atoms with Crippen LogP contribution in [0.3, 0.4) is 0 Å². The zero-order chi connectivity index (χ0) is 24.9. The number of nitro benzene ring substituents is 1. The maximum Gasteiger partial charge on any atom is 0.416 e. The van der Waals surface area contributed by atoms with Crippen LogP contribution in [0.25, 0.3) is 0 Å². The maximum atomic E-state index is 12.9. The molecule has 3 aromatic carbocycles. The molecule has 0 aliphatic carbocycles. The van der Waals surface area contributed by atoms with Crippen LogP contribution in [0.15, 0.2) is 71.8 Å². The van der Waals surface area contributed by atoms with Crippen molar-refractivity contribution < 1.29 is 32.4 Å². The number of halogens is 3. The van der Waals surface area contributed by atoms with Crippen molar-refractivity contribution in [1.82, 2.24) is 5.43 Å². The highest BCUT2D eigenvalue weighted by Gasteiger charge is 2.31. The predicted molar refractivity (Wildman–Crippen MR) is 116 cm³/mol. The van der Waals surface area contributed by atoms with Gasteiger partial charge in [0.2, 0.25) is 0 Å². The number of hydrogen-bond donors (Lipinski definition) is 1. The number of carbonyl (C=O) groups is 2. The fourth-order valence-corrected chi connectivity index (χ4v) is 2.75. The molecule has 0 radical (unpaired) electrons. The lowest BCUT2D eigenvalue weighted by Gasteiger charge is -2.10. The van der Waals surface area contributed by atoms with E-state index in [0.29, 0.717) is 11.6 Å². The van der Waals surface area contributed by atoms with Gasteiger partial charge in [-0.1, -0.05) is 23.8 Å². The number of nitrogens with one attached hydrogen (secondary N) is 1. The van der Waals surface area contributed by atoms with Crippen LogP contribution in [-0.4, -0.2) is 23.0 Å². The first-order valence-electron chi connectivity index (χ1n) is 9.62. The first kappa shape index (κ1) is 24.1. The van der Waals surface area contributed by atoms with E-state index >= 15 is 0 Å². The SMILES string of the molecule is Cc1ccc(C(=O)N/N=C/c2cc([N+](=O)[O-])ccc2OC(=O)c2cccc(C(F)(F)F)c2)cc1. The molecule has 1 N–H and O–H groups in total. The summed E-state index contributed by atoms with van der Waals surface area (Å²) in [6.07, 6.45) is -3.63. The van der Waals surface area contributed by atoms with Gasteiger partial charge in [-0.3, -0.25) is 14.9 Å². The first-order chi connectivity index (χ1) is 16.0. The molecule has 0 spiro atoms. The average molecular weight is 471 g/mol. The van der Waals surface area contributed by atoms with Gasteiger partial charge in [0, 0.05) is 23.3 Å². The quantitative estimate of drug-likeness (QED) is 0.181. The molecule has 0 saturated heterocycles. The Balaban J connectivity index is 1.83. The Morgan fingerprint density at radius 3 is 2.38 bits per heavy atom. The Kier molecular flexibility index (Phi) is 7.05. The summed E-state index contributed by atoms with van der Waals surface area (Å²) in [6.45, 7) is 1.85. The van der Waals surface area contributed by atoms with E-state index in [1.54, 1.807) is 24.3 Å². The molecule has 0 saturated carbocycles. The van der Waals surface area contributed by atoms with Crippen molar-refractivity contribution in [2.45, 2.75) is 13.1 Å². The van der Waals surface area contributed by atoms with Gasteiger partial charge < -0.3 is 4.74 Å². The van der Waals surface area contributed by atoms with E-state index < -0.39 is 28.5 Å². The summed E-state index contributed by atoms with van der Waals surface area (Å²) in [5.41, 5.74) is 1.69. The zero-order valence-corrected chi connectivity index (χ0v) is 17.5. The van der Waals surface area contributed by atoms with Gasteiger partial charge in [0.15, 0.2) is 0 Å². The molecular formula is C23H16F3N3O5. The monoisotopic (exact) mass is 471 g/mol. The van der Waals surface area contributed by atoms with Crippen molar-refractivity contribution in [3.05, 3.63) is 105 Å². The third-order valence-electron chi connectivity index (χ3n) is 4.52. The second-order valence-electron chi connectivity index (χ2n) is 7.01. The molecule has 8 nitrogen and oxygen atoms in total. The van der Waals surface area contributed by atoms with Crippen LogP contribution in [0.5, 0.6) is 5.75 Å². The summed E-state index contributed by atoms with van der Waals surface area (Å²) in [5, 5.41) is 14.9. The van der Waals surface area contributed by atoms with Crippen LogP contribution in [0.2, 0.25) is 0 Å². The Labute approximate surface area is 190 Å². The summed E-state index contributed by atoms with van der Waals surface area (Å²) in [5.74, 6) is -1.87. The van der Waals surface area contributed by atoms with E-state index in [1.165, 1.54) is 0 Å². The van der Waals surface area contributed by atoms with E-state index in [9.17, 15) is 32.9 Å². The number of carbonyl (C=O) groups excluding carboxylic acids is 2. The van der Waals surface area contributed by atoms with Crippen molar-refractivity contribution in [2.24, 2.45) is 5.10 Å². The standard InChI is InChI=1S/C23H16F3N3O5/c1-14-5-7-15(8-6-14)21(30)28-27-13-17-12-19(29(32)33)9-10-20(17)34-22(31)16-3-2-4-18(11-16)23(24,25)26/h2-13H,1H3,(H,28,30)/b27-13+. The van der Waals surface area contributed by atoms with Crippen LogP contribution in [-0.2, 0) is 6.18 Å². The van der Waals surface area contributed by atoms with Gasteiger partial charge in [-0.05, 0) is 43.3 Å². The van der Waals surface area contributed by atoms with E-state index in [1.807, 2.05) is 6.92 Å². The van der Waals surface area contributed by atoms with Gasteiger partial charge >= 0.3 is 12.1 Å². The Morgan fingerprint density at radius 2 is 1.74 bits per heavy atom. The van der Waals surface area contributed by atoms with Crippen molar-refractivity contribution >= 4 is 23.8 Å². The van der Waals surface area contributed by atoms with E-state index in [4.69, 9.17) is 4.74 Å². The zero-order valence-electron chi connectivity index (χ0n) is 17.5. The van der Waals surface area contributed by atoms with Crippen molar-refractivity contribution in [3.63, 3.8) is 0 Å². The summed E-state index contributed by atoms with van der Waals surface area (Å²) < 4.78 is 43.9. The molecule has 34 heavy (non-hydrogen) atoms. The summed E-state index contributed by atoms with van der Waals surface area (Å²) in [7, 11) is 0. The maximum absolute atomic E-state index is 12.9. The van der Waals surface area contributed by atoms with Crippen LogP contribution in [0, 0.1) is 17.0 Å². The molecule has 174 valence electrons. The highest BCUT2D eigenvalue weighted by atomic mass is 19.4. The number of alkyl halides is 3. The summed E-state index contributed by atoms with van der Waals surface area (Å²) in [6, 6.07) is 13.4. The highest BCUT2D eigenvalue weighted by Crippen LogP contribution is 2.30. The molecule has 3 aromatic rings. The van der Waals surface area contributed by atoms with Gasteiger partial charge in [0.05, 0.1) is 22.3 Å². The number of aryl methyl sites for hydroxylation is 1. The van der Waals surface area contributed by atoms with Gasteiger partial charge in [0.1, 0.15) is 5.75 Å². The molecule has 1 amide bonds. The Morgan fingerprint density at radius 1 is 1.03 bits per heavy atom. The molecule has 0 heterocycles. The number of amides is 1. The van der Waals surface area contributed by atoms with Gasteiger partial charge in [-0.15, -0.1) is 0 Å². The summed E-state index contributed by atoms with van der Waals surface area (Å²) >= 11 is 0. The first-order valence-corrected chi connectivity index (χ1v) is 9.62. The molecule has 3 rings (SSSR count). The van der Waals surface area contributed by atoms with Gasteiger partial charge in [-0.2, -0.15) is 18.3 Å². The lowest BCUT2D eigenvalue weighted by molar-refractivity contribution is -0.384. The molecule has 0 bridgehead atoms. The van der Waals surface area contributed by atoms with Crippen molar-refractivity contribution in [1.29, 1.82) is 0 Å². The minimum Gasteiger partial charge on any atom is -0.422 e. The Bertz CT molecular complexity index is 1270. The number of esters is 1. The minimum atomic E-state index is -4.66. The van der Waals surface area contributed by atoms with Crippen LogP contribution < -0.4 is 10.2 Å². The Hall–Kier alpha value is -4.54. The average Bonchev–Trinajstić information content (AvgIpc) is 2.79. The fourth-order valence-electron chi connectivity index (χ4n) is 2.75. The number of nitro groups is 1. The second-order valence-corrected chi connectivity index (χ2v) is 7.01. The highest BCUT2D eigenvalue weighted by molar-refractivity contribution is 5.96. The number of ether oxygens (including phenoxy) is 1. The van der Waals surface area contributed by atoms with Crippen LogP contribution in [0.4, 0.5) is 18.9 Å². The van der Waals surface area contributed by atoms with Crippen molar-refractivity contribution in [3.8, 4) is 5.75 Å². The minimum absolute atomic E-state index is 0.0567. The molecule has 0 aromatic heterocycles. The number of nitrogens with zero attached hydrogens (tertiary/aromatic N) is 2. The molecule has 0 aliphatic heterocycles. The number of benzene rings is 3. The fraction of sp³-hybridized carbons (Fsp3) is 0.0870. The topological polar surface area (TPSA) is 111 Å². The smallest absolute Gasteiger partial charge is 0.416 e. The third-order valence-corrected chi connectivity index (χ3v) is 4.52. The van der Waals surface area contributed by atoms with E-state index in [2.05, 4.69) is 10.5 Å². The second kappa shape index (κ2) is 9.94. The van der Waals surface area contributed by atoms with Gasteiger partial charge in [0.25, 0.3) is 11.6 Å². The molecule has 0 unspecified atom stereocenters. The van der Waals surface area contributed by atoms with Crippen LogP contribution in [0.1, 0.15) is 37.4 Å². The lowest BCUT2D eigenvalue weighted by Crippen LogP contribution is -2.17. The number of rotatable bonds is 6. The predicted octanol–water partition coefficient (Wildman–Crippen LogP) is 4.91. The molecule has 11 heteroatoms. The third kappa shape index (κ3) is 6.03. The molecule has 0 fully saturated rings. The van der Waals surface area contributed by atoms with E-state index in [0.717, 1.165) is 48.2 Å². The van der Waals surface area contributed by atoms with Crippen LogP contribution >= 0.6 is 0 Å². The van der Waals surface area contributed by atoms with Crippen molar-refractivity contribution in [2.75, 3.05) is 0 Å². The number of non-ortho nitro benzene ring substituents is 1. The largest absolute Gasteiger partial charge is 0.422 e. The van der Waals surface area contributed by atoms with Gasteiger partial charge in [-0.25, -0.2) is 10.2 Å². The number of hydrogen-bond acceptors (Lipinski definition) is 6. The molecule has 0 atom stereocenters.